The molecule has 1 atom stereocenters. The maximum atomic E-state index is 12.4. The maximum absolute atomic E-state index is 12.4. The zero-order valence-corrected chi connectivity index (χ0v) is 12.5. The third-order valence-electron chi connectivity index (χ3n) is 3.37. The van der Waals surface area contributed by atoms with Gasteiger partial charge in [0.15, 0.2) is 0 Å². The van der Waals surface area contributed by atoms with Crippen LogP contribution in [0.15, 0.2) is 24.5 Å². The Balaban J connectivity index is 2.05. The van der Waals surface area contributed by atoms with E-state index < -0.39 is 11.7 Å². The van der Waals surface area contributed by atoms with Crippen molar-refractivity contribution in [3.8, 4) is 0 Å². The molecule has 2 rings (SSSR count). The Morgan fingerprint density at radius 2 is 2.29 bits per heavy atom. The zero-order chi connectivity index (χ0) is 15.2. The number of amides is 1. The molecule has 0 spiro atoms. The minimum atomic E-state index is -0.506. The normalized spacial score (nSPS) is 19.4. The molecule has 1 amide bonds. The number of hydrogen-bond donors (Lipinski definition) is 0. The Labute approximate surface area is 124 Å². The van der Waals surface area contributed by atoms with E-state index in [0.29, 0.717) is 31.9 Å². The summed E-state index contributed by atoms with van der Waals surface area (Å²) in [6, 6.07) is 3.26. The summed E-state index contributed by atoms with van der Waals surface area (Å²) < 4.78 is 5.53. The van der Waals surface area contributed by atoms with Crippen molar-refractivity contribution >= 4 is 11.7 Å². The Morgan fingerprint density at radius 3 is 2.95 bits per heavy atom. The fraction of sp³-hybridized carbons (Fsp3) is 0.533. The van der Waals surface area contributed by atoms with Crippen LogP contribution in [0.25, 0.3) is 0 Å². The zero-order valence-electron chi connectivity index (χ0n) is 12.5. The van der Waals surface area contributed by atoms with Crippen LogP contribution in [-0.4, -0.2) is 73.4 Å². The highest BCUT2D eigenvalue weighted by Crippen LogP contribution is 2.10. The molecule has 1 aromatic heterocycles. The molecule has 114 valence electrons. The van der Waals surface area contributed by atoms with Crippen molar-refractivity contribution in [3.05, 3.63) is 30.1 Å². The molecule has 6 nitrogen and oxygen atoms in total. The lowest BCUT2D eigenvalue weighted by Crippen LogP contribution is -2.42. The summed E-state index contributed by atoms with van der Waals surface area (Å²) in [5.74, 6) is -0.765. The second-order valence-corrected chi connectivity index (χ2v) is 5.53. The van der Waals surface area contributed by atoms with E-state index in [1.165, 1.54) is 6.20 Å². The van der Waals surface area contributed by atoms with Gasteiger partial charge in [-0.1, -0.05) is 0 Å². The van der Waals surface area contributed by atoms with Gasteiger partial charge in [-0.2, -0.15) is 0 Å². The molecule has 1 unspecified atom stereocenters. The molecule has 0 aliphatic carbocycles. The number of ketones is 1. The number of carbonyl (C=O) groups excluding carboxylic acids is 2. The highest BCUT2D eigenvalue weighted by atomic mass is 16.5. The molecular formula is C15H21N3O3. The molecule has 6 heteroatoms. The summed E-state index contributed by atoms with van der Waals surface area (Å²) >= 11 is 0. The summed E-state index contributed by atoms with van der Waals surface area (Å²) in [7, 11) is 3.97. The molecule has 21 heavy (non-hydrogen) atoms. The topological polar surface area (TPSA) is 62.7 Å². The number of hydrogen-bond acceptors (Lipinski definition) is 5. The lowest BCUT2D eigenvalue weighted by molar-refractivity contribution is -0.126. The van der Waals surface area contributed by atoms with Crippen molar-refractivity contribution in [3.63, 3.8) is 0 Å². The van der Waals surface area contributed by atoms with Crippen LogP contribution in [0, 0.1) is 5.92 Å². The molecule has 1 saturated heterocycles. The summed E-state index contributed by atoms with van der Waals surface area (Å²) in [5, 5.41) is 0. The van der Waals surface area contributed by atoms with Crippen LogP contribution >= 0.6 is 0 Å². The average Bonchev–Trinajstić information content (AvgIpc) is 2.71. The SMILES string of the molecule is CN(C)CC1COCCN(C(=O)C(=O)c2cccnc2)C1. The first-order valence-electron chi connectivity index (χ1n) is 7.04. The van der Waals surface area contributed by atoms with Gasteiger partial charge < -0.3 is 14.5 Å². The van der Waals surface area contributed by atoms with E-state index in [9.17, 15) is 9.59 Å². The average molecular weight is 291 g/mol. The fourth-order valence-corrected chi connectivity index (χ4v) is 2.46. The molecule has 0 saturated carbocycles. The van der Waals surface area contributed by atoms with E-state index >= 15 is 0 Å². The third-order valence-corrected chi connectivity index (χ3v) is 3.37. The quantitative estimate of drug-likeness (QED) is 0.590. The summed E-state index contributed by atoms with van der Waals surface area (Å²) in [4.78, 5) is 32.1. The van der Waals surface area contributed by atoms with E-state index in [-0.39, 0.29) is 5.92 Å². The third kappa shape index (κ3) is 4.34. The van der Waals surface area contributed by atoms with Crippen LogP contribution in [0.1, 0.15) is 10.4 Å². The molecule has 0 aromatic carbocycles. The monoisotopic (exact) mass is 291 g/mol. The van der Waals surface area contributed by atoms with Crippen molar-refractivity contribution in [1.82, 2.24) is 14.8 Å². The Hall–Kier alpha value is -1.79. The van der Waals surface area contributed by atoms with Crippen LogP contribution in [-0.2, 0) is 9.53 Å². The second-order valence-electron chi connectivity index (χ2n) is 5.53. The fourth-order valence-electron chi connectivity index (χ4n) is 2.46. The number of pyridine rings is 1. The number of aromatic nitrogens is 1. The van der Waals surface area contributed by atoms with Crippen molar-refractivity contribution in [2.45, 2.75) is 0 Å². The lowest BCUT2D eigenvalue weighted by Gasteiger charge is -2.24. The van der Waals surface area contributed by atoms with Crippen molar-refractivity contribution in [1.29, 1.82) is 0 Å². The van der Waals surface area contributed by atoms with Gasteiger partial charge in [0.25, 0.3) is 11.7 Å². The number of nitrogens with zero attached hydrogens (tertiary/aromatic N) is 3. The molecule has 0 radical (unpaired) electrons. The number of carbonyl (C=O) groups is 2. The molecule has 1 aliphatic rings. The summed E-state index contributed by atoms with van der Waals surface area (Å²) in [6.07, 6.45) is 3.00. The summed E-state index contributed by atoms with van der Waals surface area (Å²) in [5.41, 5.74) is 0.330. The number of ether oxygens (including phenoxy) is 1. The van der Waals surface area contributed by atoms with E-state index in [1.807, 2.05) is 14.1 Å². The minimum Gasteiger partial charge on any atom is -0.379 e. The van der Waals surface area contributed by atoms with Gasteiger partial charge in [0.05, 0.1) is 13.2 Å². The molecule has 1 fully saturated rings. The largest absolute Gasteiger partial charge is 0.379 e. The van der Waals surface area contributed by atoms with Crippen molar-refractivity contribution < 1.29 is 14.3 Å². The van der Waals surface area contributed by atoms with Crippen molar-refractivity contribution in [2.24, 2.45) is 5.92 Å². The number of rotatable bonds is 4. The Morgan fingerprint density at radius 1 is 1.48 bits per heavy atom. The van der Waals surface area contributed by atoms with Gasteiger partial charge in [-0.3, -0.25) is 14.6 Å². The van der Waals surface area contributed by atoms with E-state index in [4.69, 9.17) is 4.74 Å². The summed E-state index contributed by atoms with van der Waals surface area (Å²) in [6.45, 7) is 2.90. The van der Waals surface area contributed by atoms with Gasteiger partial charge in [-0.25, -0.2) is 0 Å². The van der Waals surface area contributed by atoms with Gasteiger partial charge >= 0.3 is 0 Å². The first-order valence-corrected chi connectivity index (χ1v) is 7.04. The lowest BCUT2D eigenvalue weighted by atomic mass is 10.1. The van der Waals surface area contributed by atoms with Gasteiger partial charge in [-0.15, -0.1) is 0 Å². The number of Topliss-reactive ketones (excluding diaryl/α,β-unsaturated/α-hetero) is 1. The van der Waals surface area contributed by atoms with Crippen LogP contribution in [0.2, 0.25) is 0 Å². The highest BCUT2D eigenvalue weighted by molar-refractivity contribution is 6.42. The van der Waals surface area contributed by atoms with E-state index in [0.717, 1.165) is 6.54 Å². The van der Waals surface area contributed by atoms with Crippen LogP contribution in [0.4, 0.5) is 0 Å². The first-order chi connectivity index (χ1) is 10.1. The van der Waals surface area contributed by atoms with Gasteiger partial charge in [0.1, 0.15) is 0 Å². The predicted octanol–water partition coefficient (Wildman–Crippen LogP) is 0.301. The maximum Gasteiger partial charge on any atom is 0.295 e. The van der Waals surface area contributed by atoms with Gasteiger partial charge in [-0.05, 0) is 26.2 Å². The van der Waals surface area contributed by atoms with Gasteiger partial charge in [0, 0.05) is 43.5 Å². The Bertz CT molecular complexity index is 490. The minimum absolute atomic E-state index is 0.216. The van der Waals surface area contributed by atoms with Crippen LogP contribution in [0.3, 0.4) is 0 Å². The van der Waals surface area contributed by atoms with E-state index in [1.54, 1.807) is 23.2 Å². The van der Waals surface area contributed by atoms with Crippen LogP contribution < -0.4 is 0 Å². The molecule has 2 heterocycles. The van der Waals surface area contributed by atoms with Crippen LogP contribution in [0.5, 0.6) is 0 Å². The highest BCUT2D eigenvalue weighted by Gasteiger charge is 2.27. The standard InChI is InChI=1S/C15H21N3O3/c1-17(2)9-12-10-18(6-7-21-11-12)15(20)14(19)13-4-3-5-16-8-13/h3-5,8,12H,6-7,9-11H2,1-2H3. The molecule has 0 N–H and O–H groups in total. The predicted molar refractivity (Wildman–Crippen MR) is 78.0 cm³/mol. The second kappa shape index (κ2) is 7.28. The van der Waals surface area contributed by atoms with Crippen molar-refractivity contribution in [2.75, 3.05) is 46.9 Å². The van der Waals surface area contributed by atoms with Gasteiger partial charge in [0.2, 0.25) is 0 Å². The molecule has 0 bridgehead atoms. The molecule has 1 aromatic rings. The molecular weight excluding hydrogens is 270 g/mol. The van der Waals surface area contributed by atoms with E-state index in [2.05, 4.69) is 9.88 Å². The smallest absolute Gasteiger partial charge is 0.295 e. The molecule has 1 aliphatic heterocycles. The Kier molecular flexibility index (Phi) is 5.41. The first kappa shape index (κ1) is 15.6.